The number of hydrogen-bond donors (Lipinski definition) is 0. The van der Waals surface area contributed by atoms with Crippen LogP contribution in [0.4, 0.5) is 0 Å². The fraction of sp³-hybridized carbons (Fsp3) is 0.308. The third kappa shape index (κ3) is 1.89. The Balaban J connectivity index is 2.03. The van der Waals surface area contributed by atoms with Gasteiger partial charge in [0.2, 0.25) is 0 Å². The van der Waals surface area contributed by atoms with Crippen molar-refractivity contribution in [2.45, 2.75) is 13.8 Å². The maximum absolute atomic E-state index is 5.57. The van der Waals surface area contributed by atoms with E-state index in [1.807, 2.05) is 25.1 Å². The monoisotopic (exact) mass is 247 g/mol. The lowest BCUT2D eigenvalue weighted by atomic mass is 10.2. The van der Waals surface area contributed by atoms with Crippen LogP contribution in [-0.4, -0.2) is 18.2 Å². The SMILES string of the molecule is Cc1nc(-c2ccc3c(c2)OCCO3)sc1C. The fourth-order valence-corrected chi connectivity index (χ4v) is 2.68. The average molecular weight is 247 g/mol. The standard InChI is InChI=1S/C13H13NO2S/c1-8-9(2)17-13(14-8)10-3-4-11-12(7-10)16-6-5-15-11/h3-4,7H,5-6H2,1-2H3. The lowest BCUT2D eigenvalue weighted by molar-refractivity contribution is 0.171. The van der Waals surface area contributed by atoms with Gasteiger partial charge < -0.3 is 9.47 Å². The molecule has 1 aliphatic rings. The summed E-state index contributed by atoms with van der Waals surface area (Å²) in [5.74, 6) is 1.64. The van der Waals surface area contributed by atoms with E-state index in [0.717, 1.165) is 27.8 Å². The quantitative estimate of drug-likeness (QED) is 0.775. The highest BCUT2D eigenvalue weighted by atomic mass is 32.1. The molecule has 1 aromatic carbocycles. The molecule has 3 rings (SSSR count). The molecule has 0 amide bonds. The molecule has 2 heterocycles. The number of thiazole rings is 1. The van der Waals surface area contributed by atoms with Crippen molar-refractivity contribution >= 4 is 11.3 Å². The maximum Gasteiger partial charge on any atom is 0.162 e. The van der Waals surface area contributed by atoms with Gasteiger partial charge in [0.05, 0.1) is 5.69 Å². The van der Waals surface area contributed by atoms with Gasteiger partial charge in [-0.15, -0.1) is 11.3 Å². The molecular weight excluding hydrogens is 234 g/mol. The molecule has 0 radical (unpaired) electrons. The lowest BCUT2D eigenvalue weighted by Gasteiger charge is -2.18. The van der Waals surface area contributed by atoms with Crippen molar-refractivity contribution in [1.29, 1.82) is 0 Å². The molecule has 88 valence electrons. The Morgan fingerprint density at radius 3 is 2.59 bits per heavy atom. The summed E-state index contributed by atoms with van der Waals surface area (Å²) in [7, 11) is 0. The van der Waals surface area contributed by atoms with E-state index in [1.165, 1.54) is 4.88 Å². The molecule has 2 aromatic rings. The molecule has 0 fully saturated rings. The number of hydrogen-bond acceptors (Lipinski definition) is 4. The lowest BCUT2D eigenvalue weighted by Crippen LogP contribution is -2.15. The molecule has 0 saturated carbocycles. The minimum absolute atomic E-state index is 0.617. The minimum Gasteiger partial charge on any atom is -0.486 e. The van der Waals surface area contributed by atoms with Gasteiger partial charge in [-0.3, -0.25) is 0 Å². The van der Waals surface area contributed by atoms with E-state index in [-0.39, 0.29) is 0 Å². The summed E-state index contributed by atoms with van der Waals surface area (Å²) in [5.41, 5.74) is 2.19. The molecule has 17 heavy (non-hydrogen) atoms. The number of ether oxygens (including phenoxy) is 2. The highest BCUT2D eigenvalue weighted by molar-refractivity contribution is 7.15. The van der Waals surface area contributed by atoms with Crippen LogP contribution in [0.2, 0.25) is 0 Å². The normalized spacial score (nSPS) is 13.8. The Hall–Kier alpha value is -1.55. The Morgan fingerprint density at radius 1 is 1.12 bits per heavy atom. The van der Waals surface area contributed by atoms with Crippen LogP contribution in [-0.2, 0) is 0 Å². The van der Waals surface area contributed by atoms with E-state index in [9.17, 15) is 0 Å². The van der Waals surface area contributed by atoms with Gasteiger partial charge in [0.15, 0.2) is 11.5 Å². The van der Waals surface area contributed by atoms with Crippen LogP contribution in [0.1, 0.15) is 10.6 Å². The van der Waals surface area contributed by atoms with Crippen LogP contribution in [0.3, 0.4) is 0 Å². The van der Waals surface area contributed by atoms with Crippen molar-refractivity contribution in [3.8, 4) is 22.1 Å². The van der Waals surface area contributed by atoms with Crippen LogP contribution >= 0.6 is 11.3 Å². The number of fused-ring (bicyclic) bond motifs is 1. The van der Waals surface area contributed by atoms with Crippen LogP contribution < -0.4 is 9.47 Å². The summed E-state index contributed by atoms with van der Waals surface area (Å²) in [6, 6.07) is 5.99. The van der Waals surface area contributed by atoms with Crippen molar-refractivity contribution in [3.05, 3.63) is 28.8 Å². The maximum atomic E-state index is 5.57. The molecule has 0 N–H and O–H groups in total. The summed E-state index contributed by atoms with van der Waals surface area (Å²) in [6.07, 6.45) is 0. The molecule has 1 aliphatic heterocycles. The van der Waals surface area contributed by atoms with E-state index in [4.69, 9.17) is 9.47 Å². The molecule has 0 spiro atoms. The third-order valence-electron chi connectivity index (χ3n) is 2.82. The predicted molar refractivity (Wildman–Crippen MR) is 68.0 cm³/mol. The van der Waals surface area contributed by atoms with Crippen molar-refractivity contribution in [2.24, 2.45) is 0 Å². The zero-order chi connectivity index (χ0) is 11.8. The summed E-state index contributed by atoms with van der Waals surface area (Å²) >= 11 is 1.71. The Morgan fingerprint density at radius 2 is 1.88 bits per heavy atom. The molecule has 4 heteroatoms. The fourth-order valence-electron chi connectivity index (χ4n) is 1.77. The van der Waals surface area contributed by atoms with Crippen molar-refractivity contribution < 1.29 is 9.47 Å². The number of aromatic nitrogens is 1. The third-order valence-corrected chi connectivity index (χ3v) is 3.94. The van der Waals surface area contributed by atoms with Gasteiger partial charge in [0.25, 0.3) is 0 Å². The second-order valence-electron chi connectivity index (χ2n) is 4.02. The molecule has 1 aromatic heterocycles. The topological polar surface area (TPSA) is 31.4 Å². The van der Waals surface area contributed by atoms with Gasteiger partial charge in [-0.1, -0.05) is 0 Å². The highest BCUT2D eigenvalue weighted by Gasteiger charge is 2.14. The molecule has 0 aliphatic carbocycles. The summed E-state index contributed by atoms with van der Waals surface area (Å²) in [5, 5.41) is 1.04. The Bertz CT molecular complexity index is 543. The van der Waals surface area contributed by atoms with Crippen molar-refractivity contribution in [3.63, 3.8) is 0 Å². The molecule has 0 atom stereocenters. The van der Waals surface area contributed by atoms with Crippen LogP contribution in [0, 0.1) is 13.8 Å². The molecular formula is C13H13NO2S. The molecule has 0 bridgehead atoms. The van der Waals surface area contributed by atoms with Crippen LogP contribution in [0.5, 0.6) is 11.5 Å². The smallest absolute Gasteiger partial charge is 0.162 e. The Kier molecular flexibility index (Phi) is 2.52. The largest absolute Gasteiger partial charge is 0.486 e. The predicted octanol–water partition coefficient (Wildman–Crippen LogP) is 3.20. The van der Waals surface area contributed by atoms with Gasteiger partial charge in [-0.05, 0) is 32.0 Å². The van der Waals surface area contributed by atoms with Crippen molar-refractivity contribution in [2.75, 3.05) is 13.2 Å². The van der Waals surface area contributed by atoms with Gasteiger partial charge in [-0.25, -0.2) is 4.98 Å². The van der Waals surface area contributed by atoms with Gasteiger partial charge >= 0.3 is 0 Å². The van der Waals surface area contributed by atoms with E-state index in [2.05, 4.69) is 11.9 Å². The number of nitrogens with zero attached hydrogens (tertiary/aromatic N) is 1. The molecule has 3 nitrogen and oxygen atoms in total. The first-order chi connectivity index (χ1) is 8.24. The van der Waals surface area contributed by atoms with E-state index in [0.29, 0.717) is 13.2 Å². The molecule has 0 saturated heterocycles. The number of rotatable bonds is 1. The van der Waals surface area contributed by atoms with Gasteiger partial charge in [0.1, 0.15) is 18.2 Å². The van der Waals surface area contributed by atoms with E-state index >= 15 is 0 Å². The number of benzene rings is 1. The second kappa shape index (κ2) is 4.04. The first kappa shape index (κ1) is 10.6. The van der Waals surface area contributed by atoms with Gasteiger partial charge in [0, 0.05) is 10.4 Å². The first-order valence-corrected chi connectivity index (χ1v) is 6.40. The first-order valence-electron chi connectivity index (χ1n) is 5.58. The second-order valence-corrected chi connectivity index (χ2v) is 5.22. The van der Waals surface area contributed by atoms with E-state index < -0.39 is 0 Å². The zero-order valence-electron chi connectivity index (χ0n) is 9.82. The van der Waals surface area contributed by atoms with Crippen molar-refractivity contribution in [1.82, 2.24) is 4.98 Å². The Labute approximate surface area is 104 Å². The zero-order valence-corrected chi connectivity index (χ0v) is 10.6. The van der Waals surface area contributed by atoms with Crippen LogP contribution in [0.15, 0.2) is 18.2 Å². The van der Waals surface area contributed by atoms with Crippen LogP contribution in [0.25, 0.3) is 10.6 Å². The average Bonchev–Trinajstić information content (AvgIpc) is 2.69. The molecule has 0 unspecified atom stereocenters. The van der Waals surface area contributed by atoms with E-state index in [1.54, 1.807) is 11.3 Å². The number of aryl methyl sites for hydroxylation is 2. The summed E-state index contributed by atoms with van der Waals surface area (Å²) in [6.45, 7) is 5.37. The summed E-state index contributed by atoms with van der Waals surface area (Å²) in [4.78, 5) is 5.81. The summed E-state index contributed by atoms with van der Waals surface area (Å²) < 4.78 is 11.1. The van der Waals surface area contributed by atoms with Gasteiger partial charge in [-0.2, -0.15) is 0 Å². The minimum atomic E-state index is 0.617. The highest BCUT2D eigenvalue weighted by Crippen LogP contribution is 2.36.